The van der Waals surface area contributed by atoms with Crippen LogP contribution in [0.5, 0.6) is 0 Å². The van der Waals surface area contributed by atoms with Crippen LogP contribution in [0.15, 0.2) is 24.3 Å². The van der Waals surface area contributed by atoms with Gasteiger partial charge >= 0.3 is 0 Å². The van der Waals surface area contributed by atoms with Crippen molar-refractivity contribution in [3.8, 4) is 0 Å². The monoisotopic (exact) mass is 366 g/mol. The summed E-state index contributed by atoms with van der Waals surface area (Å²) >= 11 is 0. The Labute approximate surface area is 154 Å². The van der Waals surface area contributed by atoms with Crippen LogP contribution in [0.3, 0.4) is 0 Å². The second-order valence-corrected chi connectivity index (χ2v) is 7.06. The smallest absolute Gasteiger partial charge is 0.278 e. The fraction of sp³-hybridized carbons (Fsp3) is 0.579. The first-order chi connectivity index (χ1) is 12.5. The van der Waals surface area contributed by atoms with Crippen LogP contribution >= 0.6 is 0 Å². The molecule has 1 aromatic rings. The van der Waals surface area contributed by atoms with E-state index in [0.29, 0.717) is 39.3 Å². The number of hydrogen-bond acceptors (Lipinski definition) is 2. The van der Waals surface area contributed by atoms with Crippen LogP contribution in [-0.2, 0) is 16.1 Å². The van der Waals surface area contributed by atoms with Crippen LogP contribution in [0, 0.1) is 5.82 Å². The van der Waals surface area contributed by atoms with E-state index in [-0.39, 0.29) is 17.6 Å². The molecule has 1 fully saturated rings. The summed E-state index contributed by atoms with van der Waals surface area (Å²) in [5, 5.41) is 2.83. The van der Waals surface area contributed by atoms with Gasteiger partial charge in [0, 0.05) is 12.1 Å². The summed E-state index contributed by atoms with van der Waals surface area (Å²) in [6.07, 6.45) is 0.906. The highest BCUT2D eigenvalue weighted by Gasteiger charge is 2.26. The Hall–Kier alpha value is -1.99. The first-order valence-electron chi connectivity index (χ1n) is 9.42. The van der Waals surface area contributed by atoms with Gasteiger partial charge in [0.2, 0.25) is 0 Å². The van der Waals surface area contributed by atoms with Crippen LogP contribution in [0.25, 0.3) is 0 Å². The third-order valence-electron chi connectivity index (χ3n) is 4.71. The van der Waals surface area contributed by atoms with Crippen LogP contribution in [0.1, 0.15) is 18.9 Å². The van der Waals surface area contributed by atoms with Crippen LogP contribution in [0.2, 0.25) is 0 Å². The molecule has 2 amide bonds. The Morgan fingerprint density at radius 2 is 1.92 bits per heavy atom. The molecule has 0 aliphatic carbocycles. The third-order valence-corrected chi connectivity index (χ3v) is 4.71. The van der Waals surface area contributed by atoms with E-state index in [1.165, 1.54) is 11.0 Å². The molecule has 1 unspecified atom stereocenters. The molecule has 0 radical (unpaired) electrons. The fourth-order valence-corrected chi connectivity index (χ4v) is 3.19. The van der Waals surface area contributed by atoms with E-state index in [2.05, 4.69) is 5.32 Å². The second-order valence-electron chi connectivity index (χ2n) is 7.06. The summed E-state index contributed by atoms with van der Waals surface area (Å²) in [5.41, 5.74) is 0.726. The minimum absolute atomic E-state index is 0.0173. The molecule has 3 N–H and O–H groups in total. The molecule has 2 rings (SSSR count). The summed E-state index contributed by atoms with van der Waals surface area (Å²) in [4.78, 5) is 28.2. The van der Waals surface area contributed by atoms with Crippen molar-refractivity contribution in [3.63, 3.8) is 0 Å². The first kappa shape index (κ1) is 20.3. The number of nitrogens with one attached hydrogen (secondary N) is 3. The number of hydrogen-bond donors (Lipinski definition) is 3. The van der Waals surface area contributed by atoms with E-state index in [0.717, 1.165) is 30.0 Å². The standard InChI is InChI=1S/C19H29FN4O2/c1-3-8-21-18(25)14-22(2)15-19(26)24-11-9-23(10-12-24)13-16-6-4-5-7-17(16)20/h4-7H,3,8-15H2,1-2H3,(H,21,25)/p+2. The number of benzene rings is 1. The Balaban J connectivity index is 1.72. The average molecular weight is 366 g/mol. The molecule has 1 atom stereocenters. The van der Waals surface area contributed by atoms with Crippen molar-refractivity contribution >= 4 is 11.8 Å². The van der Waals surface area contributed by atoms with Crippen molar-refractivity contribution in [2.45, 2.75) is 19.9 Å². The highest BCUT2D eigenvalue weighted by Crippen LogP contribution is 2.04. The number of nitrogens with zero attached hydrogens (tertiary/aromatic N) is 1. The van der Waals surface area contributed by atoms with Crippen LogP contribution in [0.4, 0.5) is 4.39 Å². The van der Waals surface area contributed by atoms with E-state index in [4.69, 9.17) is 0 Å². The Morgan fingerprint density at radius 1 is 1.23 bits per heavy atom. The molecule has 1 aliphatic heterocycles. The van der Waals surface area contributed by atoms with Gasteiger partial charge in [-0.2, -0.15) is 0 Å². The Bertz CT molecular complexity index is 603. The van der Waals surface area contributed by atoms with Crippen LogP contribution in [-0.4, -0.2) is 69.6 Å². The predicted molar refractivity (Wildman–Crippen MR) is 97.3 cm³/mol. The van der Waals surface area contributed by atoms with Crippen molar-refractivity contribution < 1.29 is 23.8 Å². The van der Waals surface area contributed by atoms with E-state index >= 15 is 0 Å². The zero-order valence-corrected chi connectivity index (χ0v) is 15.8. The summed E-state index contributed by atoms with van der Waals surface area (Å²) in [7, 11) is 1.86. The highest BCUT2D eigenvalue weighted by molar-refractivity contribution is 5.79. The first-order valence-corrected chi connectivity index (χ1v) is 9.42. The molecule has 26 heavy (non-hydrogen) atoms. The summed E-state index contributed by atoms with van der Waals surface area (Å²) in [6.45, 7) is 6.95. The van der Waals surface area contributed by atoms with Gasteiger partial charge in [-0.3, -0.25) is 9.59 Å². The minimum Gasteiger partial charge on any atom is -0.351 e. The van der Waals surface area contributed by atoms with Gasteiger partial charge in [0.05, 0.1) is 33.2 Å². The molecule has 0 aromatic heterocycles. The molecule has 1 saturated heterocycles. The fourth-order valence-electron chi connectivity index (χ4n) is 3.19. The van der Waals surface area contributed by atoms with Crippen molar-refractivity contribution in [1.82, 2.24) is 10.2 Å². The van der Waals surface area contributed by atoms with Gasteiger partial charge in [-0.05, 0) is 12.5 Å². The van der Waals surface area contributed by atoms with Crippen molar-refractivity contribution in [2.75, 3.05) is 52.9 Å². The van der Waals surface area contributed by atoms with Gasteiger partial charge in [0.25, 0.3) is 11.8 Å². The van der Waals surface area contributed by atoms with Crippen molar-refractivity contribution in [1.29, 1.82) is 0 Å². The lowest BCUT2D eigenvalue weighted by atomic mass is 10.2. The van der Waals surface area contributed by atoms with E-state index < -0.39 is 0 Å². The summed E-state index contributed by atoms with van der Waals surface area (Å²) in [6, 6.07) is 6.87. The van der Waals surface area contributed by atoms with Gasteiger partial charge in [-0.1, -0.05) is 25.1 Å². The molecule has 7 heteroatoms. The molecule has 1 heterocycles. The minimum atomic E-state index is -0.162. The van der Waals surface area contributed by atoms with Gasteiger partial charge in [-0.15, -0.1) is 0 Å². The topological polar surface area (TPSA) is 58.3 Å². The highest BCUT2D eigenvalue weighted by atomic mass is 19.1. The number of amides is 2. The number of rotatable bonds is 8. The normalized spacial score (nSPS) is 16.3. The maximum absolute atomic E-state index is 13.8. The Kier molecular flexibility index (Phi) is 8.00. The molecule has 0 bridgehead atoms. The predicted octanol–water partition coefficient (Wildman–Crippen LogP) is -1.91. The lowest BCUT2D eigenvalue weighted by Crippen LogP contribution is -3.14. The number of piperazine rings is 1. The molecular formula is C19H31FN4O2+2. The van der Waals surface area contributed by atoms with Crippen LogP contribution < -0.4 is 15.1 Å². The number of carbonyl (C=O) groups is 2. The molecule has 0 spiro atoms. The quantitative estimate of drug-likeness (QED) is 0.503. The zero-order chi connectivity index (χ0) is 18.9. The molecule has 1 aromatic carbocycles. The number of quaternary nitrogens is 2. The van der Waals surface area contributed by atoms with E-state index in [1.54, 1.807) is 6.07 Å². The van der Waals surface area contributed by atoms with Gasteiger partial charge in [0.15, 0.2) is 13.1 Å². The Morgan fingerprint density at radius 3 is 2.58 bits per heavy atom. The van der Waals surface area contributed by atoms with Gasteiger partial charge in [-0.25, -0.2) is 4.39 Å². The molecule has 144 valence electrons. The van der Waals surface area contributed by atoms with E-state index in [1.807, 2.05) is 31.0 Å². The average Bonchev–Trinajstić information content (AvgIpc) is 2.62. The molecule has 6 nitrogen and oxygen atoms in total. The van der Waals surface area contributed by atoms with E-state index in [9.17, 15) is 14.0 Å². The second kappa shape index (κ2) is 10.2. The lowest BCUT2D eigenvalue weighted by Gasteiger charge is -2.32. The third kappa shape index (κ3) is 6.38. The van der Waals surface area contributed by atoms with Crippen molar-refractivity contribution in [2.24, 2.45) is 0 Å². The zero-order valence-electron chi connectivity index (χ0n) is 15.8. The summed E-state index contributed by atoms with van der Waals surface area (Å²) in [5.74, 6) is -0.0999. The maximum Gasteiger partial charge on any atom is 0.278 e. The number of halogens is 1. The molecular weight excluding hydrogens is 335 g/mol. The number of carbonyl (C=O) groups excluding carboxylic acids is 2. The largest absolute Gasteiger partial charge is 0.351 e. The maximum atomic E-state index is 13.8. The molecule has 1 aliphatic rings. The molecule has 0 saturated carbocycles. The van der Waals surface area contributed by atoms with Gasteiger partial charge < -0.3 is 20.0 Å². The summed E-state index contributed by atoms with van der Waals surface area (Å²) < 4.78 is 13.8. The lowest BCUT2D eigenvalue weighted by molar-refractivity contribution is -0.918. The number of likely N-dealkylation sites (N-methyl/N-ethyl adjacent to an activating group) is 1. The van der Waals surface area contributed by atoms with Crippen molar-refractivity contribution in [3.05, 3.63) is 35.6 Å². The van der Waals surface area contributed by atoms with Gasteiger partial charge in [0.1, 0.15) is 12.4 Å². The SMILES string of the molecule is CCCNC(=O)C[NH+](C)CC(=O)N1CC[NH+](Cc2ccccc2F)CC1.